The molecule has 0 spiro atoms. The van der Waals surface area contributed by atoms with Gasteiger partial charge in [0.05, 0.1) is 5.02 Å². The zero-order valence-electron chi connectivity index (χ0n) is 13.4. The van der Waals surface area contributed by atoms with E-state index in [1.54, 1.807) is 24.7 Å². The van der Waals surface area contributed by atoms with Crippen LogP contribution < -0.4 is 5.32 Å². The van der Waals surface area contributed by atoms with Gasteiger partial charge in [-0.2, -0.15) is 0 Å². The number of halogens is 2. The number of rotatable bonds is 3. The Labute approximate surface area is 165 Å². The predicted octanol–water partition coefficient (Wildman–Crippen LogP) is 5.49. The average Bonchev–Trinajstić information content (AvgIpc) is 3.03. The van der Waals surface area contributed by atoms with Crippen molar-refractivity contribution in [3.05, 3.63) is 82.9 Å². The van der Waals surface area contributed by atoms with E-state index in [2.05, 4.69) is 10.3 Å². The summed E-state index contributed by atoms with van der Waals surface area (Å²) in [5.74, 6) is 0. The van der Waals surface area contributed by atoms with Crippen LogP contribution in [-0.4, -0.2) is 19.4 Å². The molecule has 0 atom stereocenters. The number of hydrogen-bond donors (Lipinski definition) is 1. The number of fused-ring (bicyclic) bond motifs is 1. The van der Waals surface area contributed by atoms with Crippen molar-refractivity contribution in [1.82, 2.24) is 14.4 Å². The van der Waals surface area contributed by atoms with Crippen LogP contribution in [0.15, 0.2) is 67.1 Å². The summed E-state index contributed by atoms with van der Waals surface area (Å²) >= 11 is 18.0. The number of imidazole rings is 1. The molecule has 0 saturated heterocycles. The summed E-state index contributed by atoms with van der Waals surface area (Å²) in [6.45, 7) is 0. The van der Waals surface area contributed by atoms with Gasteiger partial charge in [0, 0.05) is 22.5 Å². The lowest BCUT2D eigenvalue weighted by Gasteiger charge is -2.10. The van der Waals surface area contributed by atoms with Gasteiger partial charge < -0.3 is 5.32 Å². The predicted molar refractivity (Wildman–Crippen MR) is 110 cm³/mol. The van der Waals surface area contributed by atoms with E-state index in [1.165, 1.54) is 0 Å². The standard InChI is InChI=1S/C19H12Cl2N4S/c20-12-5-7-13(8-6-12)23-19(26)18-17(14-3-1-2-4-15(14)21)24-16-9-10-22-11-25(16)18/h1-11H,(H,23,26). The van der Waals surface area contributed by atoms with Crippen LogP contribution in [0.25, 0.3) is 16.9 Å². The number of benzene rings is 2. The third-order valence-electron chi connectivity index (χ3n) is 3.88. The van der Waals surface area contributed by atoms with Crippen molar-refractivity contribution in [3.63, 3.8) is 0 Å². The summed E-state index contributed by atoms with van der Waals surface area (Å²) in [6.07, 6.45) is 3.38. The number of anilines is 1. The highest BCUT2D eigenvalue weighted by Gasteiger charge is 2.19. The Bertz CT molecular complexity index is 1110. The van der Waals surface area contributed by atoms with E-state index in [0.29, 0.717) is 20.7 Å². The molecule has 0 aliphatic carbocycles. The van der Waals surface area contributed by atoms with E-state index in [1.807, 2.05) is 46.9 Å². The molecule has 128 valence electrons. The normalized spacial score (nSPS) is 10.8. The van der Waals surface area contributed by atoms with Gasteiger partial charge in [0.1, 0.15) is 28.4 Å². The van der Waals surface area contributed by atoms with E-state index in [9.17, 15) is 0 Å². The van der Waals surface area contributed by atoms with E-state index in [4.69, 9.17) is 40.4 Å². The Morgan fingerprint density at radius 2 is 1.77 bits per heavy atom. The van der Waals surface area contributed by atoms with Crippen molar-refractivity contribution in [2.24, 2.45) is 0 Å². The molecule has 2 heterocycles. The summed E-state index contributed by atoms with van der Waals surface area (Å²) < 4.78 is 1.85. The van der Waals surface area contributed by atoms with Gasteiger partial charge in [-0.1, -0.05) is 53.6 Å². The van der Waals surface area contributed by atoms with Gasteiger partial charge in [-0.15, -0.1) is 0 Å². The maximum atomic E-state index is 6.40. The van der Waals surface area contributed by atoms with Crippen molar-refractivity contribution in [2.75, 3.05) is 5.32 Å². The molecular weight excluding hydrogens is 387 g/mol. The molecule has 4 nitrogen and oxygen atoms in total. The van der Waals surface area contributed by atoms with E-state index < -0.39 is 0 Å². The second-order valence-electron chi connectivity index (χ2n) is 5.56. The van der Waals surface area contributed by atoms with Crippen molar-refractivity contribution in [1.29, 1.82) is 0 Å². The molecule has 0 radical (unpaired) electrons. The van der Waals surface area contributed by atoms with Crippen LogP contribution in [0, 0.1) is 0 Å². The fourth-order valence-corrected chi connectivity index (χ4v) is 3.34. The zero-order chi connectivity index (χ0) is 18.1. The Kier molecular flexibility index (Phi) is 4.59. The molecule has 26 heavy (non-hydrogen) atoms. The minimum atomic E-state index is 0.516. The van der Waals surface area contributed by atoms with Crippen LogP contribution in [0.3, 0.4) is 0 Å². The first-order valence-electron chi connectivity index (χ1n) is 7.77. The number of thiocarbonyl (C=S) groups is 1. The molecule has 0 amide bonds. The molecule has 0 fully saturated rings. The molecule has 2 aromatic carbocycles. The highest BCUT2D eigenvalue weighted by atomic mass is 35.5. The van der Waals surface area contributed by atoms with Gasteiger partial charge >= 0.3 is 0 Å². The van der Waals surface area contributed by atoms with Crippen LogP contribution in [0.5, 0.6) is 0 Å². The molecule has 1 N–H and O–H groups in total. The topological polar surface area (TPSA) is 42.2 Å². The molecule has 0 bridgehead atoms. The van der Waals surface area contributed by atoms with Crippen LogP contribution in [0.2, 0.25) is 10.0 Å². The second-order valence-corrected chi connectivity index (χ2v) is 6.81. The average molecular weight is 399 g/mol. The maximum absolute atomic E-state index is 6.40. The smallest absolute Gasteiger partial charge is 0.140 e. The van der Waals surface area contributed by atoms with Crippen molar-refractivity contribution >= 4 is 51.7 Å². The second kappa shape index (κ2) is 7.03. The lowest BCUT2D eigenvalue weighted by atomic mass is 10.1. The molecule has 7 heteroatoms. The first-order valence-corrected chi connectivity index (χ1v) is 8.94. The quantitative estimate of drug-likeness (QED) is 0.463. The SMILES string of the molecule is S=C(Nc1ccc(Cl)cc1)c1c(-c2ccccc2Cl)nc2ccncn12. The summed E-state index contributed by atoms with van der Waals surface area (Å²) in [5.41, 5.74) is 3.82. The van der Waals surface area contributed by atoms with Crippen LogP contribution in [0.4, 0.5) is 5.69 Å². The van der Waals surface area contributed by atoms with E-state index in [0.717, 1.165) is 22.6 Å². The highest BCUT2D eigenvalue weighted by Crippen LogP contribution is 2.31. The third kappa shape index (κ3) is 3.17. The summed E-state index contributed by atoms with van der Waals surface area (Å²) in [5, 5.41) is 4.51. The van der Waals surface area contributed by atoms with Gasteiger partial charge in [-0.3, -0.25) is 4.40 Å². The van der Waals surface area contributed by atoms with Gasteiger partial charge in [-0.25, -0.2) is 9.97 Å². The van der Waals surface area contributed by atoms with Gasteiger partial charge in [0.2, 0.25) is 0 Å². The lowest BCUT2D eigenvalue weighted by molar-refractivity contribution is 1.08. The van der Waals surface area contributed by atoms with Crippen LogP contribution in [0.1, 0.15) is 5.69 Å². The van der Waals surface area contributed by atoms with Crippen molar-refractivity contribution in [2.45, 2.75) is 0 Å². The van der Waals surface area contributed by atoms with Crippen LogP contribution >= 0.6 is 35.4 Å². The molecule has 0 saturated carbocycles. The molecule has 0 unspecified atom stereocenters. The van der Waals surface area contributed by atoms with Gasteiger partial charge in [0.15, 0.2) is 0 Å². The number of nitrogens with one attached hydrogen (secondary N) is 1. The molecule has 2 aromatic heterocycles. The summed E-state index contributed by atoms with van der Waals surface area (Å²) in [6, 6.07) is 16.7. The van der Waals surface area contributed by atoms with E-state index >= 15 is 0 Å². The lowest BCUT2D eigenvalue weighted by Crippen LogP contribution is -2.14. The van der Waals surface area contributed by atoms with E-state index in [-0.39, 0.29) is 0 Å². The Morgan fingerprint density at radius 1 is 1.00 bits per heavy atom. The summed E-state index contributed by atoms with van der Waals surface area (Å²) in [7, 11) is 0. The van der Waals surface area contributed by atoms with Gasteiger partial charge in [-0.05, 0) is 36.4 Å². The fourth-order valence-electron chi connectivity index (χ4n) is 2.68. The highest BCUT2D eigenvalue weighted by molar-refractivity contribution is 7.81. The Hall–Kier alpha value is -2.47. The molecule has 0 aliphatic rings. The first kappa shape index (κ1) is 17.0. The molecule has 4 aromatic rings. The van der Waals surface area contributed by atoms with Crippen molar-refractivity contribution < 1.29 is 0 Å². The minimum absolute atomic E-state index is 0.516. The minimum Gasteiger partial charge on any atom is -0.345 e. The fraction of sp³-hybridized carbons (Fsp3) is 0. The van der Waals surface area contributed by atoms with Gasteiger partial charge in [0.25, 0.3) is 0 Å². The number of nitrogens with zero attached hydrogens (tertiary/aromatic N) is 3. The van der Waals surface area contributed by atoms with Crippen molar-refractivity contribution in [3.8, 4) is 11.3 Å². The van der Waals surface area contributed by atoms with Crippen LogP contribution in [-0.2, 0) is 0 Å². The maximum Gasteiger partial charge on any atom is 0.140 e. The molecule has 4 rings (SSSR count). The summed E-state index contributed by atoms with van der Waals surface area (Å²) in [4.78, 5) is 9.42. The molecule has 0 aliphatic heterocycles. The third-order valence-corrected chi connectivity index (χ3v) is 4.75. The monoisotopic (exact) mass is 398 g/mol. The number of hydrogen-bond acceptors (Lipinski definition) is 3. The Morgan fingerprint density at radius 3 is 2.54 bits per heavy atom. The zero-order valence-corrected chi connectivity index (χ0v) is 15.7. The Balaban J connectivity index is 1.85. The first-order chi connectivity index (χ1) is 12.6. The largest absolute Gasteiger partial charge is 0.345 e. The number of aromatic nitrogens is 3. The molecular formula is C19H12Cl2N4S.